The van der Waals surface area contributed by atoms with Gasteiger partial charge in [-0.25, -0.2) is 4.68 Å². The molecule has 1 aliphatic rings. The number of nitrogens with zero attached hydrogens (tertiary/aromatic N) is 3. The van der Waals surface area contributed by atoms with Gasteiger partial charge in [-0.1, -0.05) is 11.8 Å². The van der Waals surface area contributed by atoms with Crippen LogP contribution in [0.3, 0.4) is 0 Å². The fraction of sp³-hybridized carbons (Fsp3) is 0.250. The number of nitrogens with two attached hydrogens (primary N) is 1. The summed E-state index contributed by atoms with van der Waals surface area (Å²) in [6, 6.07) is 5.17. The minimum absolute atomic E-state index is 0.0324. The molecule has 104 valence electrons. The maximum atomic E-state index is 12.1. The normalized spacial score (nSPS) is 13.2. The molecule has 0 bridgehead atoms. The first kappa shape index (κ1) is 12.8. The van der Waals surface area contributed by atoms with Crippen LogP contribution < -0.4 is 15.3 Å². The highest BCUT2D eigenvalue weighted by Gasteiger charge is 2.15. The summed E-state index contributed by atoms with van der Waals surface area (Å²) in [5.74, 6) is 7.05. The minimum atomic E-state index is -0.0324. The third kappa shape index (κ3) is 2.55. The third-order valence-electron chi connectivity index (χ3n) is 2.74. The Morgan fingerprint density at radius 2 is 2.15 bits per heavy atom. The number of benzene rings is 1. The van der Waals surface area contributed by atoms with Crippen LogP contribution in [0.5, 0.6) is 11.5 Å². The van der Waals surface area contributed by atoms with Crippen molar-refractivity contribution in [3.63, 3.8) is 0 Å². The molecule has 1 aromatic heterocycles. The molecule has 0 unspecified atom stereocenters. The molecule has 0 amide bonds. The summed E-state index contributed by atoms with van der Waals surface area (Å²) < 4.78 is 12.1. The van der Waals surface area contributed by atoms with Crippen molar-refractivity contribution in [2.45, 2.75) is 5.16 Å². The zero-order valence-electron chi connectivity index (χ0n) is 10.5. The number of fused-ring (bicyclic) bond motifs is 1. The zero-order valence-corrected chi connectivity index (χ0v) is 11.3. The van der Waals surface area contributed by atoms with Crippen molar-refractivity contribution < 1.29 is 14.3 Å². The highest BCUT2D eigenvalue weighted by molar-refractivity contribution is 7.99. The summed E-state index contributed by atoms with van der Waals surface area (Å²) in [6.07, 6.45) is 1.39. The number of aromatic nitrogens is 3. The highest BCUT2D eigenvalue weighted by Crippen LogP contribution is 2.31. The van der Waals surface area contributed by atoms with Gasteiger partial charge in [-0.2, -0.15) is 0 Å². The molecule has 0 aliphatic carbocycles. The molecule has 7 nitrogen and oxygen atoms in total. The molecule has 1 aliphatic heterocycles. The molecule has 0 atom stereocenters. The van der Waals surface area contributed by atoms with E-state index in [1.807, 2.05) is 0 Å². The number of nitrogen functional groups attached to an aromatic ring is 1. The smallest absolute Gasteiger partial charge is 0.209 e. The van der Waals surface area contributed by atoms with Crippen molar-refractivity contribution in [2.24, 2.45) is 0 Å². The SMILES string of the molecule is Nn1cnnc1SCC(=O)c1ccc2c(c1)OCCO2. The van der Waals surface area contributed by atoms with Crippen LogP contribution in [0, 0.1) is 0 Å². The summed E-state index contributed by atoms with van der Waals surface area (Å²) in [5.41, 5.74) is 0.574. The van der Waals surface area contributed by atoms with Crippen molar-refractivity contribution >= 4 is 17.5 Å². The second-order valence-electron chi connectivity index (χ2n) is 4.09. The molecule has 2 aromatic rings. The van der Waals surface area contributed by atoms with E-state index in [1.54, 1.807) is 18.2 Å². The first-order chi connectivity index (χ1) is 9.74. The Balaban J connectivity index is 1.69. The second kappa shape index (κ2) is 5.41. The number of ether oxygens (including phenoxy) is 2. The van der Waals surface area contributed by atoms with Crippen molar-refractivity contribution in [1.82, 2.24) is 14.9 Å². The van der Waals surface area contributed by atoms with Crippen LogP contribution in [-0.4, -0.2) is 39.6 Å². The Morgan fingerprint density at radius 3 is 2.90 bits per heavy atom. The highest BCUT2D eigenvalue weighted by atomic mass is 32.2. The van der Waals surface area contributed by atoms with Gasteiger partial charge in [0.15, 0.2) is 17.3 Å². The number of thioether (sulfide) groups is 1. The molecule has 0 saturated carbocycles. The molecule has 2 heterocycles. The standard InChI is InChI=1S/C12H12N4O3S/c13-16-7-14-15-12(16)20-6-9(17)8-1-2-10-11(5-8)19-4-3-18-10/h1-2,5,7H,3-4,6,13H2. The molecule has 3 rings (SSSR count). The Bertz CT molecular complexity index is 643. The topological polar surface area (TPSA) is 92.3 Å². The Kier molecular flexibility index (Phi) is 3.46. The zero-order chi connectivity index (χ0) is 13.9. The van der Waals surface area contributed by atoms with E-state index in [0.717, 1.165) is 0 Å². The molecule has 2 N–H and O–H groups in total. The van der Waals surface area contributed by atoms with E-state index in [-0.39, 0.29) is 11.5 Å². The molecule has 0 fully saturated rings. The molecule has 0 saturated heterocycles. The predicted molar refractivity (Wildman–Crippen MR) is 72.7 cm³/mol. The molecule has 0 radical (unpaired) electrons. The fourth-order valence-electron chi connectivity index (χ4n) is 1.77. The maximum absolute atomic E-state index is 12.1. The summed E-state index contributed by atoms with van der Waals surface area (Å²) in [6.45, 7) is 1.03. The van der Waals surface area contributed by atoms with Gasteiger partial charge in [0.05, 0.1) is 5.75 Å². The fourth-order valence-corrected chi connectivity index (χ4v) is 2.49. The summed E-state index contributed by atoms with van der Waals surface area (Å²) in [7, 11) is 0. The van der Waals surface area contributed by atoms with E-state index < -0.39 is 0 Å². The summed E-state index contributed by atoms with van der Waals surface area (Å²) >= 11 is 1.24. The Labute approximate surface area is 119 Å². The number of ketones is 1. The Hall–Kier alpha value is -2.22. The van der Waals surface area contributed by atoms with Crippen molar-refractivity contribution in [3.8, 4) is 11.5 Å². The van der Waals surface area contributed by atoms with E-state index in [9.17, 15) is 4.79 Å². The lowest BCUT2D eigenvalue weighted by Gasteiger charge is -2.18. The number of carbonyl (C=O) groups is 1. The monoisotopic (exact) mass is 292 g/mol. The summed E-state index contributed by atoms with van der Waals surface area (Å²) in [5, 5.41) is 7.95. The molecule has 0 spiro atoms. The van der Waals surface area contributed by atoms with Crippen LogP contribution >= 0.6 is 11.8 Å². The molecular formula is C12H12N4O3S. The van der Waals surface area contributed by atoms with Crippen LogP contribution in [0.1, 0.15) is 10.4 Å². The number of Topliss-reactive ketones (excluding diaryl/α,β-unsaturated/α-hetero) is 1. The van der Waals surface area contributed by atoms with E-state index in [4.69, 9.17) is 15.3 Å². The van der Waals surface area contributed by atoms with Crippen LogP contribution in [0.4, 0.5) is 0 Å². The number of hydrogen-bond acceptors (Lipinski definition) is 7. The molecule has 20 heavy (non-hydrogen) atoms. The summed E-state index contributed by atoms with van der Waals surface area (Å²) in [4.78, 5) is 12.1. The van der Waals surface area contributed by atoms with E-state index in [0.29, 0.717) is 35.4 Å². The van der Waals surface area contributed by atoms with E-state index in [2.05, 4.69) is 10.2 Å². The van der Waals surface area contributed by atoms with Crippen molar-refractivity contribution in [2.75, 3.05) is 24.8 Å². The minimum Gasteiger partial charge on any atom is -0.486 e. The number of hydrogen-bond donors (Lipinski definition) is 1. The molecule has 1 aromatic carbocycles. The van der Waals surface area contributed by atoms with E-state index >= 15 is 0 Å². The largest absolute Gasteiger partial charge is 0.486 e. The Morgan fingerprint density at radius 1 is 1.35 bits per heavy atom. The number of carbonyl (C=O) groups excluding carboxylic acids is 1. The van der Waals surface area contributed by atoms with Gasteiger partial charge in [0.1, 0.15) is 19.5 Å². The first-order valence-corrected chi connectivity index (χ1v) is 6.93. The van der Waals surface area contributed by atoms with Crippen LogP contribution in [-0.2, 0) is 0 Å². The quantitative estimate of drug-likeness (QED) is 0.504. The second-order valence-corrected chi connectivity index (χ2v) is 5.03. The van der Waals surface area contributed by atoms with Crippen LogP contribution in [0.25, 0.3) is 0 Å². The van der Waals surface area contributed by atoms with Crippen molar-refractivity contribution in [3.05, 3.63) is 30.1 Å². The average molecular weight is 292 g/mol. The predicted octanol–water partition coefficient (Wildman–Crippen LogP) is 0.738. The lowest BCUT2D eigenvalue weighted by atomic mass is 10.1. The van der Waals surface area contributed by atoms with Crippen molar-refractivity contribution in [1.29, 1.82) is 0 Å². The molecule has 8 heteroatoms. The maximum Gasteiger partial charge on any atom is 0.209 e. The first-order valence-electron chi connectivity index (χ1n) is 5.95. The van der Waals surface area contributed by atoms with Gasteiger partial charge in [0, 0.05) is 5.56 Å². The number of rotatable bonds is 4. The van der Waals surface area contributed by atoms with Gasteiger partial charge in [0.2, 0.25) is 5.16 Å². The lowest BCUT2D eigenvalue weighted by Crippen LogP contribution is -2.16. The van der Waals surface area contributed by atoms with Gasteiger partial charge in [-0.3, -0.25) is 4.79 Å². The van der Waals surface area contributed by atoms with Gasteiger partial charge < -0.3 is 15.3 Å². The molecular weight excluding hydrogens is 280 g/mol. The lowest BCUT2D eigenvalue weighted by molar-refractivity contribution is 0.102. The van der Waals surface area contributed by atoms with Gasteiger partial charge >= 0.3 is 0 Å². The average Bonchev–Trinajstić information content (AvgIpc) is 2.89. The van der Waals surface area contributed by atoms with Crippen LogP contribution in [0.15, 0.2) is 29.7 Å². The van der Waals surface area contributed by atoms with E-state index in [1.165, 1.54) is 22.8 Å². The van der Waals surface area contributed by atoms with Gasteiger partial charge in [-0.05, 0) is 18.2 Å². The van der Waals surface area contributed by atoms with Gasteiger partial charge in [-0.15, -0.1) is 10.2 Å². The third-order valence-corrected chi connectivity index (χ3v) is 3.69. The van der Waals surface area contributed by atoms with Gasteiger partial charge in [0.25, 0.3) is 0 Å². The van der Waals surface area contributed by atoms with Crippen LogP contribution in [0.2, 0.25) is 0 Å².